The van der Waals surface area contributed by atoms with Crippen molar-refractivity contribution < 1.29 is 37.1 Å². The van der Waals surface area contributed by atoms with Gasteiger partial charge in [-0.3, -0.25) is 19.2 Å². The highest BCUT2D eigenvalue weighted by Crippen LogP contribution is 2.65. The molecule has 2 unspecified atom stereocenters. The summed E-state index contributed by atoms with van der Waals surface area (Å²) < 4.78 is 44.6. The van der Waals surface area contributed by atoms with Gasteiger partial charge in [-0.15, -0.1) is 0 Å². The average molecular weight is 566 g/mol. The second-order valence-electron chi connectivity index (χ2n) is 11.9. The molecule has 12 nitrogen and oxygen atoms in total. The van der Waals surface area contributed by atoms with Gasteiger partial charge >= 0.3 is 12.1 Å². The number of amides is 4. The number of nitrogens with one attached hydrogen (secondary N) is 3. The summed E-state index contributed by atoms with van der Waals surface area (Å²) in [6, 6.07) is -1.94. The Hall–Kier alpha value is -3.96. The number of carbonyl (C=O) groups excluding carboxylic acids is 4. The highest BCUT2D eigenvalue weighted by Gasteiger charge is 2.70. The van der Waals surface area contributed by atoms with Gasteiger partial charge in [0, 0.05) is 13.0 Å². The van der Waals surface area contributed by atoms with Crippen molar-refractivity contribution in [2.75, 3.05) is 11.9 Å². The van der Waals surface area contributed by atoms with E-state index < -0.39 is 59.4 Å². The molecule has 3 aliphatic rings. The molecule has 4 rings (SSSR count). The van der Waals surface area contributed by atoms with Crippen LogP contribution in [0.15, 0.2) is 12.5 Å². The second kappa shape index (κ2) is 9.90. The van der Waals surface area contributed by atoms with E-state index in [0.29, 0.717) is 0 Å². The van der Waals surface area contributed by atoms with E-state index in [9.17, 15) is 37.6 Å². The van der Waals surface area contributed by atoms with Crippen LogP contribution in [0.25, 0.3) is 0 Å². The highest BCUT2D eigenvalue weighted by molar-refractivity contribution is 5.97. The summed E-state index contributed by atoms with van der Waals surface area (Å²) >= 11 is 0. The van der Waals surface area contributed by atoms with Crippen LogP contribution in [-0.2, 0) is 19.2 Å². The third kappa shape index (κ3) is 5.39. The molecule has 1 aromatic rings. The number of aromatic nitrogens is 2. The first-order valence-electron chi connectivity index (χ1n) is 12.6. The van der Waals surface area contributed by atoms with E-state index in [0.717, 1.165) is 0 Å². The molecule has 2 fully saturated rings. The number of piperidine rings is 1. The fourth-order valence-electron chi connectivity index (χ4n) is 5.51. The molecule has 1 aliphatic carbocycles. The first-order chi connectivity index (χ1) is 18.5. The first kappa shape index (κ1) is 29.0. The molecule has 3 N–H and O–H groups in total. The molecular formula is C25H30F3N7O5. The maximum Gasteiger partial charge on any atom is 0.471 e. The van der Waals surface area contributed by atoms with E-state index in [1.54, 1.807) is 5.32 Å². The van der Waals surface area contributed by atoms with Gasteiger partial charge in [0.15, 0.2) is 6.10 Å². The molecule has 2 aliphatic heterocycles. The SMILES string of the molecule is CC(C)(C)C(NC(=O)C(F)(F)F)C(=O)N1C[C@H]2[C@@H]([C@H]1C(=O)NC(C#N)C[C@@H]1Oc3ncncc3NC1=O)C2(C)C. The van der Waals surface area contributed by atoms with Gasteiger partial charge in [0.05, 0.1) is 12.3 Å². The average Bonchev–Trinajstić information content (AvgIpc) is 3.18. The molecule has 0 spiro atoms. The number of likely N-dealkylation sites (tertiary alicyclic amines) is 1. The van der Waals surface area contributed by atoms with Crippen LogP contribution in [0, 0.1) is 34.0 Å². The maximum atomic E-state index is 13.6. The normalized spacial score (nSPS) is 26.2. The Morgan fingerprint density at radius 3 is 2.55 bits per heavy atom. The quantitative estimate of drug-likeness (QED) is 0.462. The van der Waals surface area contributed by atoms with Crippen LogP contribution in [0.5, 0.6) is 5.88 Å². The molecule has 40 heavy (non-hydrogen) atoms. The lowest BCUT2D eigenvalue weighted by Crippen LogP contribution is -2.61. The molecule has 3 heterocycles. The van der Waals surface area contributed by atoms with E-state index in [1.807, 2.05) is 19.9 Å². The summed E-state index contributed by atoms with van der Waals surface area (Å²) in [5.74, 6) is -4.64. The van der Waals surface area contributed by atoms with Crippen LogP contribution >= 0.6 is 0 Å². The highest BCUT2D eigenvalue weighted by atomic mass is 19.4. The topological polar surface area (TPSA) is 166 Å². The monoisotopic (exact) mass is 565 g/mol. The summed E-state index contributed by atoms with van der Waals surface area (Å²) in [7, 11) is 0. The molecule has 0 radical (unpaired) electrons. The molecular weight excluding hydrogens is 535 g/mol. The summed E-state index contributed by atoms with van der Waals surface area (Å²) in [5.41, 5.74) is -1.18. The Kier molecular flexibility index (Phi) is 7.19. The van der Waals surface area contributed by atoms with Crippen molar-refractivity contribution in [2.45, 2.75) is 71.4 Å². The van der Waals surface area contributed by atoms with Crippen molar-refractivity contribution in [2.24, 2.45) is 22.7 Å². The maximum absolute atomic E-state index is 13.6. The summed E-state index contributed by atoms with van der Waals surface area (Å²) in [6.07, 6.45) is -4.01. The lowest BCUT2D eigenvalue weighted by Gasteiger charge is -2.38. The minimum absolute atomic E-state index is 0.102. The number of nitrogens with zero attached hydrogens (tertiary/aromatic N) is 4. The van der Waals surface area contributed by atoms with Crippen LogP contribution in [-0.4, -0.2) is 75.4 Å². The number of alkyl halides is 3. The molecule has 1 aromatic heterocycles. The predicted molar refractivity (Wildman–Crippen MR) is 131 cm³/mol. The lowest BCUT2D eigenvalue weighted by molar-refractivity contribution is -0.176. The van der Waals surface area contributed by atoms with Crippen LogP contribution in [0.4, 0.5) is 18.9 Å². The summed E-state index contributed by atoms with van der Waals surface area (Å²) in [5, 5.41) is 16.7. The fourth-order valence-corrected chi connectivity index (χ4v) is 5.51. The van der Waals surface area contributed by atoms with Crippen molar-refractivity contribution in [3.05, 3.63) is 12.5 Å². The molecule has 0 aromatic carbocycles. The second-order valence-corrected chi connectivity index (χ2v) is 11.9. The number of rotatable bonds is 6. The third-order valence-electron chi connectivity index (χ3n) is 7.81. The molecule has 6 atom stereocenters. The van der Waals surface area contributed by atoms with Gasteiger partial charge in [-0.2, -0.15) is 23.4 Å². The van der Waals surface area contributed by atoms with E-state index in [2.05, 4.69) is 20.6 Å². The first-order valence-corrected chi connectivity index (χ1v) is 12.6. The molecule has 4 amide bonds. The Morgan fingerprint density at radius 1 is 1.27 bits per heavy atom. The third-order valence-corrected chi connectivity index (χ3v) is 7.81. The number of anilines is 1. The van der Waals surface area contributed by atoms with Crippen molar-refractivity contribution in [3.63, 3.8) is 0 Å². The van der Waals surface area contributed by atoms with Crippen molar-refractivity contribution in [1.29, 1.82) is 5.26 Å². The zero-order chi connectivity index (χ0) is 29.8. The molecule has 216 valence electrons. The Bertz CT molecular complexity index is 1270. The molecule has 0 bridgehead atoms. The van der Waals surface area contributed by atoms with Crippen LogP contribution < -0.4 is 20.7 Å². The standard InChI is InChI=1S/C25H30F3N7O5/c1-23(2,3)17(34-22(39)25(26,27)28)21(38)35-9-12-15(24(12,4)5)16(35)19(37)32-11(7-29)6-14-18(36)33-13-8-30-10-31-20(13)40-14/h8,10-12,14-17H,6,9H2,1-5H3,(H,32,37)(H,33,36)(H,34,39)/t11?,12-,14-,15-,16-,17?/m0/s1. The van der Waals surface area contributed by atoms with Crippen LogP contribution in [0.1, 0.15) is 41.0 Å². The van der Waals surface area contributed by atoms with E-state index in [-0.39, 0.29) is 41.8 Å². The van der Waals surface area contributed by atoms with E-state index in [1.165, 1.54) is 38.2 Å². The van der Waals surface area contributed by atoms with Gasteiger partial charge in [-0.25, -0.2) is 4.98 Å². The van der Waals surface area contributed by atoms with Crippen LogP contribution in [0.2, 0.25) is 0 Å². The van der Waals surface area contributed by atoms with E-state index >= 15 is 0 Å². The number of fused-ring (bicyclic) bond motifs is 2. The largest absolute Gasteiger partial charge is 0.471 e. The summed E-state index contributed by atoms with van der Waals surface area (Å²) in [6.45, 7) is 8.45. The van der Waals surface area contributed by atoms with Crippen molar-refractivity contribution in [3.8, 4) is 11.9 Å². The number of carbonyl (C=O) groups is 4. The minimum atomic E-state index is -5.20. The van der Waals surface area contributed by atoms with Gasteiger partial charge in [0.25, 0.3) is 5.91 Å². The molecule has 15 heteroatoms. The number of hydrogen-bond acceptors (Lipinski definition) is 8. The van der Waals surface area contributed by atoms with Gasteiger partial charge in [-0.05, 0) is 22.7 Å². The Morgan fingerprint density at radius 2 is 1.95 bits per heavy atom. The molecule has 1 saturated heterocycles. The zero-order valence-corrected chi connectivity index (χ0v) is 22.5. The van der Waals surface area contributed by atoms with Crippen molar-refractivity contribution >= 4 is 29.3 Å². The number of halogens is 3. The van der Waals surface area contributed by atoms with Gasteiger partial charge in [0.1, 0.15) is 30.1 Å². The van der Waals surface area contributed by atoms with Crippen molar-refractivity contribution in [1.82, 2.24) is 25.5 Å². The Labute approximate surface area is 228 Å². The van der Waals surface area contributed by atoms with Crippen LogP contribution in [0.3, 0.4) is 0 Å². The number of nitriles is 1. The number of hydrogen-bond donors (Lipinski definition) is 3. The lowest BCUT2D eigenvalue weighted by atomic mass is 9.85. The number of ether oxygens (including phenoxy) is 1. The smallest absolute Gasteiger partial charge is 0.463 e. The predicted octanol–water partition coefficient (Wildman–Crippen LogP) is 1.15. The fraction of sp³-hybridized carbons (Fsp3) is 0.640. The molecule has 1 saturated carbocycles. The summed E-state index contributed by atoms with van der Waals surface area (Å²) in [4.78, 5) is 60.3. The zero-order valence-electron chi connectivity index (χ0n) is 22.5. The minimum Gasteiger partial charge on any atom is -0.463 e. The van der Waals surface area contributed by atoms with Gasteiger partial charge in [-0.1, -0.05) is 34.6 Å². The van der Waals surface area contributed by atoms with E-state index in [4.69, 9.17) is 4.74 Å². The van der Waals surface area contributed by atoms with Gasteiger partial charge in [0.2, 0.25) is 17.7 Å². The Balaban J connectivity index is 1.52. The van der Waals surface area contributed by atoms with Gasteiger partial charge < -0.3 is 25.6 Å².